The van der Waals surface area contributed by atoms with Crippen molar-refractivity contribution < 1.29 is 5.11 Å². The fourth-order valence-corrected chi connectivity index (χ4v) is 5.00. The lowest BCUT2D eigenvalue weighted by atomic mass is 9.80. The number of rotatable bonds is 3. The molecule has 4 atom stereocenters. The van der Waals surface area contributed by atoms with Gasteiger partial charge in [0.1, 0.15) is 0 Å². The molecule has 3 aliphatic carbocycles. The molecule has 2 aromatic rings. The van der Waals surface area contributed by atoms with E-state index in [-0.39, 0.29) is 6.10 Å². The lowest BCUT2D eigenvalue weighted by Crippen LogP contribution is -2.20. The Balaban J connectivity index is 1.61. The van der Waals surface area contributed by atoms with Gasteiger partial charge in [-0.25, -0.2) is 4.98 Å². The molecular formula is C18H22N2O. The molecule has 3 heteroatoms. The van der Waals surface area contributed by atoms with Crippen LogP contribution in [0, 0.1) is 17.8 Å². The molecule has 3 aliphatic rings. The van der Waals surface area contributed by atoms with Gasteiger partial charge in [-0.3, -0.25) is 0 Å². The standard InChI is InChI=1S/C18H22N2O/c21-18(15-8-11-1-2-13(15)7-11)17-14(12-3-4-12)5-6-20-10-19-9-16(17)20/h5-6,9-13,15,18,21H,1-4,7-8H2/t11?,13?,15?,18-/m0/s1. The Kier molecular flexibility index (Phi) is 2.52. The molecule has 2 heterocycles. The quantitative estimate of drug-likeness (QED) is 0.932. The molecule has 3 fully saturated rings. The molecule has 2 aromatic heterocycles. The van der Waals surface area contributed by atoms with Crippen LogP contribution in [0.5, 0.6) is 0 Å². The second-order valence-corrected chi connectivity index (χ2v) is 7.43. The van der Waals surface area contributed by atoms with Gasteiger partial charge in [-0.05, 0) is 67.4 Å². The number of imidazole rings is 1. The predicted octanol–water partition coefficient (Wildman–Crippen LogP) is 3.68. The van der Waals surface area contributed by atoms with Gasteiger partial charge >= 0.3 is 0 Å². The van der Waals surface area contributed by atoms with Crippen LogP contribution in [-0.2, 0) is 0 Å². The van der Waals surface area contributed by atoms with Crippen molar-refractivity contribution in [2.24, 2.45) is 17.8 Å². The largest absolute Gasteiger partial charge is 0.388 e. The molecule has 0 spiro atoms. The van der Waals surface area contributed by atoms with Gasteiger partial charge in [0, 0.05) is 11.8 Å². The first kappa shape index (κ1) is 12.2. The Labute approximate surface area is 125 Å². The van der Waals surface area contributed by atoms with Crippen LogP contribution >= 0.6 is 0 Å². The van der Waals surface area contributed by atoms with Crippen molar-refractivity contribution in [1.29, 1.82) is 0 Å². The van der Waals surface area contributed by atoms with E-state index in [4.69, 9.17) is 0 Å². The van der Waals surface area contributed by atoms with Crippen LogP contribution in [0.2, 0.25) is 0 Å². The molecule has 2 bridgehead atoms. The van der Waals surface area contributed by atoms with Crippen molar-refractivity contribution in [3.05, 3.63) is 35.9 Å². The van der Waals surface area contributed by atoms with E-state index < -0.39 is 0 Å². The van der Waals surface area contributed by atoms with E-state index in [9.17, 15) is 5.11 Å². The van der Waals surface area contributed by atoms with Crippen molar-refractivity contribution >= 4 is 5.52 Å². The first-order valence-electron chi connectivity index (χ1n) is 8.44. The smallest absolute Gasteiger partial charge is 0.0992 e. The number of hydrogen-bond acceptors (Lipinski definition) is 2. The maximum atomic E-state index is 11.2. The minimum atomic E-state index is -0.295. The van der Waals surface area contributed by atoms with Crippen LogP contribution in [0.15, 0.2) is 24.8 Å². The molecule has 3 unspecified atom stereocenters. The van der Waals surface area contributed by atoms with Gasteiger partial charge in [-0.2, -0.15) is 0 Å². The first-order valence-corrected chi connectivity index (χ1v) is 8.44. The van der Waals surface area contributed by atoms with E-state index in [1.165, 1.54) is 49.7 Å². The summed E-state index contributed by atoms with van der Waals surface area (Å²) in [7, 11) is 0. The summed E-state index contributed by atoms with van der Waals surface area (Å²) in [6.07, 6.45) is 13.4. The van der Waals surface area contributed by atoms with Crippen LogP contribution in [0.4, 0.5) is 0 Å². The Bertz CT molecular complexity index is 688. The lowest BCUT2D eigenvalue weighted by Gasteiger charge is -2.29. The van der Waals surface area contributed by atoms with Gasteiger partial charge in [-0.1, -0.05) is 6.42 Å². The molecule has 3 saturated carbocycles. The van der Waals surface area contributed by atoms with E-state index in [0.29, 0.717) is 11.8 Å². The van der Waals surface area contributed by atoms with E-state index in [1.807, 2.05) is 12.5 Å². The number of fused-ring (bicyclic) bond motifs is 3. The topological polar surface area (TPSA) is 37.5 Å². The number of aliphatic hydroxyl groups excluding tert-OH is 1. The zero-order chi connectivity index (χ0) is 14.0. The Hall–Kier alpha value is -1.35. The van der Waals surface area contributed by atoms with Gasteiger partial charge in [0.25, 0.3) is 0 Å². The lowest BCUT2D eigenvalue weighted by molar-refractivity contribution is 0.0747. The molecule has 0 saturated heterocycles. The van der Waals surface area contributed by atoms with E-state index in [1.54, 1.807) is 0 Å². The summed E-state index contributed by atoms with van der Waals surface area (Å²) in [4.78, 5) is 4.29. The maximum Gasteiger partial charge on any atom is 0.0992 e. The molecule has 1 N–H and O–H groups in total. The Morgan fingerprint density at radius 1 is 1.19 bits per heavy atom. The Morgan fingerprint density at radius 3 is 2.81 bits per heavy atom. The number of aliphatic hydroxyl groups is 1. The minimum absolute atomic E-state index is 0.295. The molecule has 0 aliphatic heterocycles. The normalized spacial score (nSPS) is 32.9. The summed E-state index contributed by atoms with van der Waals surface area (Å²) >= 11 is 0. The SMILES string of the molecule is O[C@H](c1c(C2CC2)ccn2cncc12)C1CC2CCC1C2. The second-order valence-electron chi connectivity index (χ2n) is 7.43. The van der Waals surface area contributed by atoms with E-state index in [2.05, 4.69) is 21.6 Å². The van der Waals surface area contributed by atoms with Gasteiger partial charge < -0.3 is 9.51 Å². The van der Waals surface area contributed by atoms with Crippen molar-refractivity contribution in [2.45, 2.75) is 50.5 Å². The Morgan fingerprint density at radius 2 is 2.10 bits per heavy atom. The fraction of sp³-hybridized carbons (Fsp3) is 0.611. The van der Waals surface area contributed by atoms with E-state index >= 15 is 0 Å². The summed E-state index contributed by atoms with van der Waals surface area (Å²) in [6.45, 7) is 0. The third-order valence-electron chi connectivity index (χ3n) is 6.18. The minimum Gasteiger partial charge on any atom is -0.388 e. The van der Waals surface area contributed by atoms with Crippen LogP contribution in [0.25, 0.3) is 5.52 Å². The molecule has 0 amide bonds. The molecule has 21 heavy (non-hydrogen) atoms. The number of pyridine rings is 1. The average molecular weight is 282 g/mol. The third kappa shape index (κ3) is 1.80. The molecule has 0 aromatic carbocycles. The summed E-state index contributed by atoms with van der Waals surface area (Å²) in [5.41, 5.74) is 3.70. The van der Waals surface area contributed by atoms with Crippen molar-refractivity contribution in [3.63, 3.8) is 0 Å². The van der Waals surface area contributed by atoms with Crippen LogP contribution < -0.4 is 0 Å². The van der Waals surface area contributed by atoms with Crippen LogP contribution in [0.3, 0.4) is 0 Å². The zero-order valence-corrected chi connectivity index (χ0v) is 12.3. The van der Waals surface area contributed by atoms with E-state index in [0.717, 1.165) is 17.4 Å². The highest BCUT2D eigenvalue weighted by Crippen LogP contribution is 2.54. The van der Waals surface area contributed by atoms with Gasteiger partial charge in [0.15, 0.2) is 0 Å². The highest BCUT2D eigenvalue weighted by Gasteiger charge is 2.44. The number of hydrogen-bond donors (Lipinski definition) is 1. The first-order chi connectivity index (χ1) is 10.3. The summed E-state index contributed by atoms with van der Waals surface area (Å²) in [5, 5.41) is 11.2. The summed E-state index contributed by atoms with van der Waals surface area (Å²) in [6, 6.07) is 2.22. The average Bonchev–Trinajstić information content (AvgIpc) is 2.93. The zero-order valence-electron chi connectivity index (χ0n) is 12.3. The number of aromatic nitrogens is 2. The fourth-order valence-electron chi connectivity index (χ4n) is 5.00. The molecule has 3 nitrogen and oxygen atoms in total. The molecule has 5 rings (SSSR count). The molecule has 110 valence electrons. The van der Waals surface area contributed by atoms with Gasteiger partial charge in [-0.15, -0.1) is 0 Å². The van der Waals surface area contributed by atoms with Crippen molar-refractivity contribution in [2.75, 3.05) is 0 Å². The third-order valence-corrected chi connectivity index (χ3v) is 6.18. The van der Waals surface area contributed by atoms with Crippen molar-refractivity contribution in [1.82, 2.24) is 9.38 Å². The predicted molar refractivity (Wildman–Crippen MR) is 81.1 cm³/mol. The molecule has 0 radical (unpaired) electrons. The van der Waals surface area contributed by atoms with Gasteiger partial charge in [0.2, 0.25) is 0 Å². The van der Waals surface area contributed by atoms with Gasteiger partial charge in [0.05, 0.1) is 24.1 Å². The van der Waals surface area contributed by atoms with Crippen LogP contribution in [-0.4, -0.2) is 14.5 Å². The van der Waals surface area contributed by atoms with Crippen LogP contribution in [0.1, 0.15) is 61.7 Å². The summed E-state index contributed by atoms with van der Waals surface area (Å²) < 4.78 is 2.07. The highest BCUT2D eigenvalue weighted by molar-refractivity contribution is 5.59. The van der Waals surface area contributed by atoms with Crippen molar-refractivity contribution in [3.8, 4) is 0 Å². The monoisotopic (exact) mass is 282 g/mol. The summed E-state index contributed by atoms with van der Waals surface area (Å²) in [5.74, 6) is 2.78. The number of nitrogens with zero attached hydrogens (tertiary/aromatic N) is 2. The maximum absolute atomic E-state index is 11.2. The second kappa shape index (κ2) is 4.33. The molecular weight excluding hydrogens is 260 g/mol. The highest BCUT2D eigenvalue weighted by atomic mass is 16.3.